The molecule has 1 rings (SSSR count). The summed E-state index contributed by atoms with van der Waals surface area (Å²) in [4.78, 5) is 24.3. The lowest BCUT2D eigenvalue weighted by atomic mass is 10.3. The van der Waals surface area contributed by atoms with Crippen LogP contribution in [-0.2, 0) is 4.79 Å². The molecule has 88 valence electrons. The van der Waals surface area contributed by atoms with Crippen LogP contribution in [0.25, 0.3) is 0 Å². The van der Waals surface area contributed by atoms with Gasteiger partial charge in [0.25, 0.3) is 5.91 Å². The molecule has 0 spiro atoms. The minimum atomic E-state index is -1.04. The van der Waals surface area contributed by atoms with E-state index in [1.807, 2.05) is 0 Å². The van der Waals surface area contributed by atoms with E-state index >= 15 is 0 Å². The van der Waals surface area contributed by atoms with Crippen molar-refractivity contribution in [2.24, 2.45) is 0 Å². The molecule has 0 fully saturated rings. The first-order valence-corrected chi connectivity index (χ1v) is 5.48. The third-order valence-electron chi connectivity index (χ3n) is 2.30. The van der Waals surface area contributed by atoms with Crippen molar-refractivity contribution in [1.82, 2.24) is 4.90 Å². The molecule has 16 heavy (non-hydrogen) atoms. The average molecular weight is 243 g/mol. The molecule has 6 heteroatoms. The standard InChI is InChI=1S/C10H13NO4S/c1-6(10(13)14)11(2)9(12)8-7(15-3)4-5-16-8/h4-6H,1-3H3,(H,13,14). The molecule has 1 N–H and O–H groups in total. The SMILES string of the molecule is COc1ccsc1C(=O)N(C)C(C)C(=O)O. The Labute approximate surface area is 97.3 Å². The number of amides is 1. The van der Waals surface area contributed by atoms with E-state index in [9.17, 15) is 9.59 Å². The average Bonchev–Trinajstić information content (AvgIpc) is 2.73. The molecule has 0 bridgehead atoms. The second-order valence-corrected chi connectivity index (χ2v) is 4.16. The van der Waals surface area contributed by atoms with Crippen molar-refractivity contribution in [3.63, 3.8) is 0 Å². The lowest BCUT2D eigenvalue weighted by Gasteiger charge is -2.21. The molecule has 1 atom stereocenters. The van der Waals surface area contributed by atoms with Gasteiger partial charge in [-0.15, -0.1) is 11.3 Å². The van der Waals surface area contributed by atoms with E-state index in [0.717, 1.165) is 0 Å². The van der Waals surface area contributed by atoms with Crippen molar-refractivity contribution in [2.75, 3.05) is 14.2 Å². The molecule has 0 saturated carbocycles. The maximum absolute atomic E-state index is 11.9. The zero-order chi connectivity index (χ0) is 12.3. The van der Waals surface area contributed by atoms with Crippen LogP contribution in [0.2, 0.25) is 0 Å². The Morgan fingerprint density at radius 2 is 2.19 bits per heavy atom. The minimum Gasteiger partial charge on any atom is -0.495 e. The van der Waals surface area contributed by atoms with Gasteiger partial charge >= 0.3 is 5.97 Å². The molecule has 1 amide bonds. The van der Waals surface area contributed by atoms with Crippen LogP contribution in [0.1, 0.15) is 16.6 Å². The predicted octanol–water partition coefficient (Wildman–Crippen LogP) is 1.30. The second kappa shape index (κ2) is 4.98. The number of thiophene rings is 1. The molecule has 1 aromatic heterocycles. The van der Waals surface area contributed by atoms with Gasteiger partial charge in [-0.05, 0) is 18.4 Å². The van der Waals surface area contributed by atoms with E-state index in [2.05, 4.69) is 0 Å². The Hall–Kier alpha value is -1.56. The highest BCUT2D eigenvalue weighted by atomic mass is 32.1. The Balaban J connectivity index is 2.90. The van der Waals surface area contributed by atoms with E-state index < -0.39 is 12.0 Å². The highest BCUT2D eigenvalue weighted by molar-refractivity contribution is 7.12. The number of likely N-dealkylation sites (N-methyl/N-ethyl adjacent to an activating group) is 1. The highest BCUT2D eigenvalue weighted by Gasteiger charge is 2.25. The molecule has 5 nitrogen and oxygen atoms in total. The summed E-state index contributed by atoms with van der Waals surface area (Å²) in [6.45, 7) is 1.46. The van der Waals surface area contributed by atoms with Crippen molar-refractivity contribution in [2.45, 2.75) is 13.0 Å². The van der Waals surface area contributed by atoms with E-state index in [0.29, 0.717) is 10.6 Å². The maximum Gasteiger partial charge on any atom is 0.326 e. The van der Waals surface area contributed by atoms with Gasteiger partial charge in [-0.3, -0.25) is 4.79 Å². The number of rotatable bonds is 4. The molecular weight excluding hydrogens is 230 g/mol. The lowest BCUT2D eigenvalue weighted by Crippen LogP contribution is -2.40. The van der Waals surface area contributed by atoms with Crippen molar-refractivity contribution in [3.05, 3.63) is 16.3 Å². The van der Waals surface area contributed by atoms with Crippen LogP contribution < -0.4 is 4.74 Å². The van der Waals surface area contributed by atoms with Crippen LogP contribution in [0.3, 0.4) is 0 Å². The highest BCUT2D eigenvalue weighted by Crippen LogP contribution is 2.26. The molecule has 0 radical (unpaired) electrons. The predicted molar refractivity (Wildman–Crippen MR) is 60.1 cm³/mol. The third-order valence-corrected chi connectivity index (χ3v) is 3.19. The monoisotopic (exact) mass is 243 g/mol. The maximum atomic E-state index is 11.9. The zero-order valence-corrected chi connectivity index (χ0v) is 10.1. The number of carbonyl (C=O) groups excluding carboxylic acids is 1. The number of ether oxygens (including phenoxy) is 1. The van der Waals surface area contributed by atoms with Crippen molar-refractivity contribution >= 4 is 23.2 Å². The van der Waals surface area contributed by atoms with Crippen molar-refractivity contribution in [3.8, 4) is 5.75 Å². The van der Waals surface area contributed by atoms with Gasteiger partial charge in [0.15, 0.2) is 0 Å². The number of carbonyl (C=O) groups is 2. The molecule has 0 aliphatic heterocycles. The van der Waals surface area contributed by atoms with E-state index in [-0.39, 0.29) is 5.91 Å². The molecule has 0 saturated heterocycles. The van der Waals surface area contributed by atoms with Crippen LogP contribution in [0.5, 0.6) is 5.75 Å². The molecular formula is C10H13NO4S. The number of hydrogen-bond donors (Lipinski definition) is 1. The normalized spacial score (nSPS) is 11.9. The van der Waals surface area contributed by atoms with Gasteiger partial charge in [0.2, 0.25) is 0 Å². The van der Waals surface area contributed by atoms with Crippen LogP contribution >= 0.6 is 11.3 Å². The van der Waals surface area contributed by atoms with Crippen LogP contribution in [0, 0.1) is 0 Å². The summed E-state index contributed by atoms with van der Waals surface area (Å²) in [5.74, 6) is -0.910. The zero-order valence-electron chi connectivity index (χ0n) is 9.26. The van der Waals surface area contributed by atoms with Gasteiger partial charge in [0.05, 0.1) is 7.11 Å². The molecule has 1 unspecified atom stereocenters. The Bertz CT molecular complexity index is 401. The number of hydrogen-bond acceptors (Lipinski definition) is 4. The second-order valence-electron chi connectivity index (χ2n) is 3.25. The molecule has 0 aromatic carbocycles. The van der Waals surface area contributed by atoms with Gasteiger partial charge < -0.3 is 14.7 Å². The third kappa shape index (κ3) is 2.33. The fourth-order valence-corrected chi connectivity index (χ4v) is 1.96. The smallest absolute Gasteiger partial charge is 0.326 e. The fraction of sp³-hybridized carbons (Fsp3) is 0.400. The minimum absolute atomic E-state index is 0.346. The molecule has 1 aromatic rings. The fourth-order valence-electron chi connectivity index (χ4n) is 1.12. The van der Waals surface area contributed by atoms with E-state index in [1.165, 1.54) is 37.3 Å². The van der Waals surface area contributed by atoms with Gasteiger partial charge in [-0.25, -0.2) is 4.79 Å². The van der Waals surface area contributed by atoms with E-state index in [1.54, 1.807) is 11.4 Å². The first-order valence-electron chi connectivity index (χ1n) is 4.60. The van der Waals surface area contributed by atoms with Crippen LogP contribution in [0.4, 0.5) is 0 Å². The lowest BCUT2D eigenvalue weighted by molar-refractivity contribution is -0.141. The summed E-state index contributed by atoms with van der Waals surface area (Å²) in [7, 11) is 2.93. The quantitative estimate of drug-likeness (QED) is 0.865. The largest absolute Gasteiger partial charge is 0.495 e. The Morgan fingerprint density at radius 3 is 2.69 bits per heavy atom. The summed E-state index contributed by atoms with van der Waals surface area (Å²) in [6, 6.07) is 0.816. The first kappa shape index (κ1) is 12.5. The van der Waals surface area contributed by atoms with Crippen molar-refractivity contribution in [1.29, 1.82) is 0 Å². The van der Waals surface area contributed by atoms with E-state index in [4.69, 9.17) is 9.84 Å². The number of carboxylic acid groups (broad SMARTS) is 1. The van der Waals surface area contributed by atoms with Crippen LogP contribution in [-0.4, -0.2) is 42.1 Å². The summed E-state index contributed by atoms with van der Waals surface area (Å²) < 4.78 is 5.01. The number of aliphatic carboxylic acids is 1. The van der Waals surface area contributed by atoms with Gasteiger partial charge in [0, 0.05) is 7.05 Å². The van der Waals surface area contributed by atoms with Gasteiger partial charge in [-0.1, -0.05) is 0 Å². The van der Waals surface area contributed by atoms with Crippen LogP contribution in [0.15, 0.2) is 11.4 Å². The molecule has 0 aliphatic carbocycles. The number of methoxy groups -OCH3 is 1. The summed E-state index contributed by atoms with van der Waals surface area (Å²) in [5.41, 5.74) is 0. The molecule has 1 heterocycles. The summed E-state index contributed by atoms with van der Waals surface area (Å²) in [6.07, 6.45) is 0. The number of carboxylic acids is 1. The van der Waals surface area contributed by atoms with Gasteiger partial charge in [-0.2, -0.15) is 0 Å². The Morgan fingerprint density at radius 1 is 1.56 bits per heavy atom. The first-order chi connectivity index (χ1) is 7.49. The summed E-state index contributed by atoms with van der Waals surface area (Å²) in [5, 5.41) is 10.5. The van der Waals surface area contributed by atoms with Crippen molar-refractivity contribution < 1.29 is 19.4 Å². The van der Waals surface area contributed by atoms with Gasteiger partial charge in [0.1, 0.15) is 16.7 Å². The summed E-state index contributed by atoms with van der Waals surface area (Å²) >= 11 is 1.23. The molecule has 0 aliphatic rings. The topological polar surface area (TPSA) is 66.8 Å². The Kier molecular flexibility index (Phi) is 3.89. The number of nitrogens with zero attached hydrogens (tertiary/aromatic N) is 1.